The molecule has 3 heteroatoms. The quantitative estimate of drug-likeness (QED) is 0.658. The summed E-state index contributed by atoms with van der Waals surface area (Å²) in [5.74, 6) is 0. The van der Waals surface area contributed by atoms with Crippen molar-refractivity contribution >= 4 is 0 Å². The molecule has 0 fully saturated rings. The van der Waals surface area contributed by atoms with Crippen LogP contribution in [-0.2, 0) is 6.54 Å². The molecule has 66 valence electrons. The number of nitrogens with zero attached hydrogens (tertiary/aromatic N) is 1. The summed E-state index contributed by atoms with van der Waals surface area (Å²) in [7, 11) is 0. The first-order chi connectivity index (χ1) is 6.36. The smallest absolute Gasteiger partial charge is 0.0995 e. The molecule has 1 aliphatic heterocycles. The molecule has 1 atom stereocenters. The van der Waals surface area contributed by atoms with E-state index in [1.54, 1.807) is 6.07 Å². The molecule has 0 amide bonds. The van der Waals surface area contributed by atoms with Gasteiger partial charge in [0.2, 0.25) is 0 Å². The highest BCUT2D eigenvalue weighted by molar-refractivity contribution is 5.47. The largest absolute Gasteiger partial charge is 0.394 e. The fraction of sp³-hybridized carbons (Fsp3) is 0.300. The summed E-state index contributed by atoms with van der Waals surface area (Å²) in [5.41, 5.74) is 2.76. The van der Waals surface area contributed by atoms with Crippen LogP contribution in [0.15, 0.2) is 18.2 Å². The van der Waals surface area contributed by atoms with E-state index in [2.05, 4.69) is 11.4 Å². The van der Waals surface area contributed by atoms with E-state index in [1.165, 1.54) is 0 Å². The van der Waals surface area contributed by atoms with Crippen molar-refractivity contribution in [2.75, 3.05) is 6.61 Å². The maximum Gasteiger partial charge on any atom is 0.0995 e. The molecule has 2 rings (SSSR count). The summed E-state index contributed by atoms with van der Waals surface area (Å²) in [6.07, 6.45) is 0. The van der Waals surface area contributed by atoms with E-state index in [0.29, 0.717) is 5.56 Å². The van der Waals surface area contributed by atoms with E-state index < -0.39 is 0 Å². The van der Waals surface area contributed by atoms with Gasteiger partial charge >= 0.3 is 0 Å². The van der Waals surface area contributed by atoms with Crippen molar-refractivity contribution in [3.63, 3.8) is 0 Å². The third-order valence-electron chi connectivity index (χ3n) is 2.39. The zero-order valence-electron chi connectivity index (χ0n) is 7.12. The van der Waals surface area contributed by atoms with Crippen LogP contribution < -0.4 is 5.32 Å². The van der Waals surface area contributed by atoms with Crippen LogP contribution in [0.2, 0.25) is 0 Å². The van der Waals surface area contributed by atoms with Gasteiger partial charge in [0.25, 0.3) is 0 Å². The summed E-state index contributed by atoms with van der Waals surface area (Å²) in [6.45, 7) is 0.793. The zero-order valence-corrected chi connectivity index (χ0v) is 7.12. The minimum Gasteiger partial charge on any atom is -0.394 e. The van der Waals surface area contributed by atoms with Gasteiger partial charge in [-0.25, -0.2) is 0 Å². The second-order valence-electron chi connectivity index (χ2n) is 3.11. The fourth-order valence-electron chi connectivity index (χ4n) is 1.77. The average Bonchev–Trinajstić information content (AvgIpc) is 2.60. The number of fused-ring (bicyclic) bond motifs is 1. The highest BCUT2D eigenvalue weighted by atomic mass is 16.3. The molecular formula is C10H10N2O. The SMILES string of the molecule is N#Cc1cccc2c1[C@@H](CO)NC2. The van der Waals surface area contributed by atoms with Crippen LogP contribution in [-0.4, -0.2) is 11.7 Å². The summed E-state index contributed by atoms with van der Waals surface area (Å²) >= 11 is 0. The Balaban J connectivity index is 2.54. The van der Waals surface area contributed by atoms with Crippen molar-refractivity contribution in [3.8, 4) is 6.07 Å². The Morgan fingerprint density at radius 2 is 2.46 bits per heavy atom. The van der Waals surface area contributed by atoms with Gasteiger partial charge in [-0.3, -0.25) is 0 Å². The van der Waals surface area contributed by atoms with E-state index in [1.807, 2.05) is 12.1 Å². The predicted molar refractivity (Wildman–Crippen MR) is 47.8 cm³/mol. The summed E-state index contributed by atoms with van der Waals surface area (Å²) in [4.78, 5) is 0. The number of aliphatic hydroxyl groups excluding tert-OH is 1. The second-order valence-corrected chi connectivity index (χ2v) is 3.11. The van der Waals surface area contributed by atoms with Crippen LogP contribution in [0.4, 0.5) is 0 Å². The number of hydrogen-bond donors (Lipinski definition) is 2. The minimum absolute atomic E-state index is 0.0473. The van der Waals surface area contributed by atoms with Crippen molar-refractivity contribution in [2.45, 2.75) is 12.6 Å². The summed E-state index contributed by atoms with van der Waals surface area (Å²) < 4.78 is 0. The molecule has 0 aromatic heterocycles. The van der Waals surface area contributed by atoms with E-state index in [4.69, 9.17) is 10.4 Å². The molecular weight excluding hydrogens is 164 g/mol. The Morgan fingerprint density at radius 3 is 3.15 bits per heavy atom. The summed E-state index contributed by atoms with van der Waals surface area (Å²) in [6, 6.07) is 7.72. The number of benzene rings is 1. The molecule has 2 N–H and O–H groups in total. The first-order valence-corrected chi connectivity index (χ1v) is 4.23. The molecule has 0 unspecified atom stereocenters. The average molecular weight is 174 g/mol. The zero-order chi connectivity index (χ0) is 9.26. The number of rotatable bonds is 1. The van der Waals surface area contributed by atoms with E-state index in [-0.39, 0.29) is 12.6 Å². The Hall–Kier alpha value is -1.37. The minimum atomic E-state index is -0.0640. The van der Waals surface area contributed by atoms with Crippen LogP contribution in [0.3, 0.4) is 0 Å². The van der Waals surface area contributed by atoms with E-state index in [9.17, 15) is 0 Å². The lowest BCUT2D eigenvalue weighted by Crippen LogP contribution is -2.16. The van der Waals surface area contributed by atoms with Gasteiger partial charge in [0, 0.05) is 6.54 Å². The molecule has 3 nitrogen and oxygen atoms in total. The van der Waals surface area contributed by atoms with Gasteiger partial charge in [-0.05, 0) is 17.2 Å². The maximum atomic E-state index is 9.06. The number of aliphatic hydroxyl groups is 1. The monoisotopic (exact) mass is 174 g/mol. The highest BCUT2D eigenvalue weighted by Crippen LogP contribution is 2.27. The molecule has 0 aliphatic carbocycles. The van der Waals surface area contributed by atoms with Gasteiger partial charge in [0.15, 0.2) is 0 Å². The summed E-state index contributed by atoms with van der Waals surface area (Å²) in [5, 5.41) is 21.1. The first-order valence-electron chi connectivity index (χ1n) is 4.23. The molecule has 0 bridgehead atoms. The van der Waals surface area contributed by atoms with Crippen molar-refractivity contribution in [1.29, 1.82) is 5.26 Å². The lowest BCUT2D eigenvalue weighted by Gasteiger charge is -2.08. The molecule has 1 aromatic rings. The van der Waals surface area contributed by atoms with Crippen LogP contribution >= 0.6 is 0 Å². The van der Waals surface area contributed by atoms with Crippen LogP contribution in [0.5, 0.6) is 0 Å². The topological polar surface area (TPSA) is 56.0 Å². The van der Waals surface area contributed by atoms with Crippen LogP contribution in [0, 0.1) is 11.3 Å². The molecule has 0 saturated carbocycles. The van der Waals surface area contributed by atoms with Crippen molar-refractivity contribution < 1.29 is 5.11 Å². The molecule has 1 aromatic carbocycles. The molecule has 0 radical (unpaired) electrons. The second kappa shape index (κ2) is 3.17. The molecule has 1 heterocycles. The van der Waals surface area contributed by atoms with Gasteiger partial charge in [-0.15, -0.1) is 0 Å². The first kappa shape index (κ1) is 8.24. The van der Waals surface area contributed by atoms with Crippen molar-refractivity contribution in [3.05, 3.63) is 34.9 Å². The Morgan fingerprint density at radius 1 is 1.62 bits per heavy atom. The van der Waals surface area contributed by atoms with Crippen molar-refractivity contribution in [1.82, 2.24) is 5.32 Å². The van der Waals surface area contributed by atoms with Gasteiger partial charge < -0.3 is 10.4 Å². The highest BCUT2D eigenvalue weighted by Gasteiger charge is 2.23. The number of nitrogens with one attached hydrogen (secondary N) is 1. The van der Waals surface area contributed by atoms with Crippen molar-refractivity contribution in [2.24, 2.45) is 0 Å². The van der Waals surface area contributed by atoms with Crippen LogP contribution in [0.1, 0.15) is 22.7 Å². The lowest BCUT2D eigenvalue weighted by molar-refractivity contribution is 0.251. The van der Waals surface area contributed by atoms with Gasteiger partial charge in [-0.2, -0.15) is 5.26 Å². The third kappa shape index (κ3) is 1.21. The van der Waals surface area contributed by atoms with Gasteiger partial charge in [0.1, 0.15) is 0 Å². The van der Waals surface area contributed by atoms with Crippen LogP contribution in [0.25, 0.3) is 0 Å². The Kier molecular flexibility index (Phi) is 2.01. The van der Waals surface area contributed by atoms with Gasteiger partial charge in [-0.1, -0.05) is 12.1 Å². The predicted octanol–water partition coefficient (Wildman–Crippen LogP) is 0.695. The van der Waals surface area contributed by atoms with Gasteiger partial charge in [0.05, 0.1) is 24.3 Å². The number of hydrogen-bond acceptors (Lipinski definition) is 3. The Labute approximate surface area is 76.6 Å². The lowest BCUT2D eigenvalue weighted by atomic mass is 10.00. The van der Waals surface area contributed by atoms with E-state index >= 15 is 0 Å². The normalized spacial score (nSPS) is 19.5. The standard InChI is InChI=1S/C10H10N2O/c11-4-7-2-1-3-8-5-12-9(6-13)10(7)8/h1-3,9,12-13H,5-6H2/t9-/m1/s1. The molecule has 0 spiro atoms. The Bertz CT molecular complexity index is 368. The molecule has 1 aliphatic rings. The fourth-order valence-corrected chi connectivity index (χ4v) is 1.77. The third-order valence-corrected chi connectivity index (χ3v) is 2.39. The maximum absolute atomic E-state index is 9.06. The van der Waals surface area contributed by atoms with E-state index in [0.717, 1.165) is 17.7 Å². The molecule has 13 heavy (non-hydrogen) atoms. The molecule has 0 saturated heterocycles. The number of nitriles is 1.